The lowest BCUT2D eigenvalue weighted by Gasteiger charge is -2.26. The maximum absolute atomic E-state index is 12.8. The van der Waals surface area contributed by atoms with E-state index in [4.69, 9.17) is 0 Å². The quantitative estimate of drug-likeness (QED) is 0.418. The van der Waals surface area contributed by atoms with E-state index in [1.165, 1.54) is 42.0 Å². The molecule has 1 aliphatic rings. The van der Waals surface area contributed by atoms with E-state index in [0.29, 0.717) is 36.7 Å². The molecule has 1 atom stereocenters. The molecule has 10 heteroatoms. The lowest BCUT2D eigenvalue weighted by Crippen LogP contribution is -2.48. The smallest absolute Gasteiger partial charge is 0.406 e. The number of thiophene rings is 1. The van der Waals surface area contributed by atoms with Gasteiger partial charge in [-0.1, -0.05) is 32.1 Å². The highest BCUT2D eigenvalue weighted by molar-refractivity contribution is 7.08. The van der Waals surface area contributed by atoms with E-state index in [9.17, 15) is 22.8 Å². The first-order valence-corrected chi connectivity index (χ1v) is 11.9. The number of benzene rings is 1. The average molecular weight is 484 g/mol. The predicted octanol–water partition coefficient (Wildman–Crippen LogP) is 4.94. The number of hydrogen-bond donors (Lipinski definition) is 3. The minimum Gasteiger partial charge on any atom is -0.406 e. The van der Waals surface area contributed by atoms with Crippen LogP contribution in [0.3, 0.4) is 0 Å². The summed E-state index contributed by atoms with van der Waals surface area (Å²) < 4.78 is 40.5. The molecular formula is C23H28F3N3O3S. The fourth-order valence-electron chi connectivity index (χ4n) is 3.91. The molecule has 1 aromatic heterocycles. The Hall–Kier alpha value is -2.75. The number of nitrogens with one attached hydrogen (secondary N) is 3. The zero-order valence-electron chi connectivity index (χ0n) is 18.1. The molecule has 0 unspecified atom stereocenters. The molecule has 1 aromatic carbocycles. The third kappa shape index (κ3) is 8.60. The van der Waals surface area contributed by atoms with Gasteiger partial charge in [0, 0.05) is 24.2 Å². The molecule has 1 fully saturated rings. The maximum Gasteiger partial charge on any atom is 0.573 e. The van der Waals surface area contributed by atoms with E-state index in [2.05, 4.69) is 20.7 Å². The van der Waals surface area contributed by atoms with Gasteiger partial charge in [-0.05, 0) is 48.1 Å². The third-order valence-electron chi connectivity index (χ3n) is 5.54. The van der Waals surface area contributed by atoms with Crippen molar-refractivity contribution < 1.29 is 27.5 Å². The number of hydrogen-bond acceptors (Lipinski definition) is 5. The SMILES string of the molecule is O=C(N[C@@H](CC1CCCCC1)C(=O)NCCNc1ccc(OC(F)(F)F)cc1)c1ccsc1. The fourth-order valence-corrected chi connectivity index (χ4v) is 4.55. The molecule has 0 spiro atoms. The molecule has 6 nitrogen and oxygen atoms in total. The topological polar surface area (TPSA) is 79.5 Å². The van der Waals surface area contributed by atoms with E-state index < -0.39 is 12.4 Å². The summed E-state index contributed by atoms with van der Waals surface area (Å²) in [6.45, 7) is 0.676. The first kappa shape index (κ1) is 24.9. The molecule has 0 saturated heterocycles. The van der Waals surface area contributed by atoms with Gasteiger partial charge in [0.15, 0.2) is 0 Å². The van der Waals surface area contributed by atoms with Crippen LogP contribution in [0.25, 0.3) is 0 Å². The monoisotopic (exact) mass is 483 g/mol. The lowest BCUT2D eigenvalue weighted by atomic mass is 9.84. The Morgan fingerprint density at radius 2 is 1.79 bits per heavy atom. The highest BCUT2D eigenvalue weighted by atomic mass is 32.1. The Balaban J connectivity index is 1.48. The molecule has 1 aliphatic carbocycles. The van der Waals surface area contributed by atoms with Crippen LogP contribution in [-0.2, 0) is 4.79 Å². The van der Waals surface area contributed by atoms with Crippen LogP contribution in [0.15, 0.2) is 41.1 Å². The molecule has 2 amide bonds. The van der Waals surface area contributed by atoms with Gasteiger partial charge in [-0.15, -0.1) is 13.2 Å². The molecular weight excluding hydrogens is 455 g/mol. The summed E-state index contributed by atoms with van der Waals surface area (Å²) in [5.41, 5.74) is 1.14. The summed E-state index contributed by atoms with van der Waals surface area (Å²) in [5, 5.41) is 12.3. The minimum atomic E-state index is -4.73. The van der Waals surface area contributed by atoms with Crippen molar-refractivity contribution in [3.8, 4) is 5.75 Å². The van der Waals surface area contributed by atoms with Crippen LogP contribution in [-0.4, -0.2) is 37.3 Å². The fraction of sp³-hybridized carbons (Fsp3) is 0.478. The summed E-state index contributed by atoms with van der Waals surface area (Å²) in [6.07, 6.45) is 1.51. The third-order valence-corrected chi connectivity index (χ3v) is 6.22. The van der Waals surface area contributed by atoms with Gasteiger partial charge >= 0.3 is 6.36 Å². The number of alkyl halides is 3. The zero-order valence-corrected chi connectivity index (χ0v) is 18.9. The van der Waals surface area contributed by atoms with Gasteiger partial charge in [-0.2, -0.15) is 11.3 Å². The Kier molecular flexibility index (Phi) is 8.99. The summed E-state index contributed by atoms with van der Waals surface area (Å²) >= 11 is 1.42. The molecule has 33 heavy (non-hydrogen) atoms. The summed E-state index contributed by atoms with van der Waals surface area (Å²) in [6, 6.07) is 6.48. The first-order valence-electron chi connectivity index (χ1n) is 11.0. The second-order valence-electron chi connectivity index (χ2n) is 8.07. The largest absolute Gasteiger partial charge is 0.573 e. The van der Waals surface area contributed by atoms with Crippen molar-refractivity contribution >= 4 is 28.8 Å². The van der Waals surface area contributed by atoms with Crippen LogP contribution in [0, 0.1) is 5.92 Å². The normalized spacial score (nSPS) is 15.5. The number of ether oxygens (including phenoxy) is 1. The molecule has 0 radical (unpaired) electrons. The summed E-state index contributed by atoms with van der Waals surface area (Å²) in [7, 11) is 0. The van der Waals surface area contributed by atoms with Gasteiger partial charge in [-0.25, -0.2) is 0 Å². The molecule has 1 heterocycles. The van der Waals surface area contributed by atoms with Crippen molar-refractivity contribution in [3.05, 3.63) is 46.7 Å². The number of rotatable bonds is 10. The number of carbonyl (C=O) groups excluding carboxylic acids is 2. The van der Waals surface area contributed by atoms with E-state index in [0.717, 1.165) is 25.7 Å². The minimum absolute atomic E-state index is 0.236. The standard InChI is InChI=1S/C23H28F3N3O3S/c24-23(25,26)32-19-8-6-18(7-9-19)27-11-12-28-22(31)20(14-16-4-2-1-3-5-16)29-21(30)17-10-13-33-15-17/h6-10,13,15-16,20,27H,1-5,11-12,14H2,(H,28,31)(H,29,30)/t20-/m0/s1. The second-order valence-corrected chi connectivity index (χ2v) is 8.85. The zero-order chi connectivity index (χ0) is 23.7. The highest BCUT2D eigenvalue weighted by Crippen LogP contribution is 2.27. The summed E-state index contributed by atoms with van der Waals surface area (Å²) in [5.74, 6) is -0.382. The molecule has 3 rings (SSSR count). The molecule has 2 aromatic rings. The van der Waals surface area contributed by atoms with E-state index in [1.807, 2.05) is 5.38 Å². The van der Waals surface area contributed by atoms with Gasteiger partial charge in [0.1, 0.15) is 11.8 Å². The van der Waals surface area contributed by atoms with Gasteiger partial charge in [0.2, 0.25) is 5.91 Å². The van der Waals surface area contributed by atoms with Crippen molar-refractivity contribution in [1.29, 1.82) is 0 Å². The maximum atomic E-state index is 12.8. The average Bonchev–Trinajstić information content (AvgIpc) is 3.32. The van der Waals surface area contributed by atoms with Crippen LogP contribution in [0.2, 0.25) is 0 Å². The molecule has 0 bridgehead atoms. The lowest BCUT2D eigenvalue weighted by molar-refractivity contribution is -0.274. The van der Waals surface area contributed by atoms with Crippen molar-refractivity contribution in [2.45, 2.75) is 50.9 Å². The van der Waals surface area contributed by atoms with E-state index in [-0.39, 0.29) is 17.6 Å². The molecule has 1 saturated carbocycles. The van der Waals surface area contributed by atoms with Crippen LogP contribution in [0.1, 0.15) is 48.9 Å². The second kappa shape index (κ2) is 11.9. The Bertz CT molecular complexity index is 883. The van der Waals surface area contributed by atoms with Gasteiger partial charge in [-0.3, -0.25) is 9.59 Å². The number of amides is 2. The van der Waals surface area contributed by atoms with Crippen molar-refractivity contribution in [2.24, 2.45) is 5.92 Å². The van der Waals surface area contributed by atoms with Crippen molar-refractivity contribution in [1.82, 2.24) is 10.6 Å². The van der Waals surface area contributed by atoms with Crippen LogP contribution >= 0.6 is 11.3 Å². The van der Waals surface area contributed by atoms with Crippen LogP contribution in [0.5, 0.6) is 5.75 Å². The number of anilines is 1. The van der Waals surface area contributed by atoms with Crippen molar-refractivity contribution in [3.63, 3.8) is 0 Å². The number of carbonyl (C=O) groups is 2. The highest BCUT2D eigenvalue weighted by Gasteiger charge is 2.31. The van der Waals surface area contributed by atoms with Gasteiger partial charge < -0.3 is 20.7 Å². The molecule has 0 aliphatic heterocycles. The summed E-state index contributed by atoms with van der Waals surface area (Å²) in [4.78, 5) is 25.4. The Labute approximate surface area is 194 Å². The Morgan fingerprint density at radius 3 is 2.42 bits per heavy atom. The van der Waals surface area contributed by atoms with E-state index >= 15 is 0 Å². The Morgan fingerprint density at radius 1 is 1.06 bits per heavy atom. The molecule has 3 N–H and O–H groups in total. The predicted molar refractivity (Wildman–Crippen MR) is 121 cm³/mol. The van der Waals surface area contributed by atoms with Gasteiger partial charge in [0.05, 0.1) is 5.56 Å². The molecule has 180 valence electrons. The van der Waals surface area contributed by atoms with Gasteiger partial charge in [0.25, 0.3) is 5.91 Å². The van der Waals surface area contributed by atoms with Crippen LogP contribution < -0.4 is 20.7 Å². The van der Waals surface area contributed by atoms with E-state index in [1.54, 1.807) is 11.4 Å². The van der Waals surface area contributed by atoms with Crippen molar-refractivity contribution in [2.75, 3.05) is 18.4 Å². The number of halogens is 3. The first-order chi connectivity index (χ1) is 15.8. The van der Waals surface area contributed by atoms with Crippen LogP contribution in [0.4, 0.5) is 18.9 Å².